The van der Waals surface area contributed by atoms with E-state index in [0.717, 1.165) is 88.9 Å². The highest BCUT2D eigenvalue weighted by Crippen LogP contribution is 2.32. The number of hydrogen-bond donors (Lipinski definition) is 3. The van der Waals surface area contributed by atoms with E-state index in [-0.39, 0.29) is 23.4 Å². The quantitative estimate of drug-likeness (QED) is 0.269. The molecule has 3 aliphatic rings. The van der Waals surface area contributed by atoms with Crippen molar-refractivity contribution in [3.8, 4) is 22.8 Å². The van der Waals surface area contributed by atoms with Gasteiger partial charge < -0.3 is 25.4 Å². The molecule has 48 heavy (non-hydrogen) atoms. The normalized spacial score (nSPS) is 25.5. The summed E-state index contributed by atoms with van der Waals surface area (Å²) >= 11 is 0. The third-order valence-corrected chi connectivity index (χ3v) is 9.98. The number of halogens is 1. The lowest BCUT2D eigenvalue weighted by molar-refractivity contribution is -0.00431. The Kier molecular flexibility index (Phi) is 11.4. The van der Waals surface area contributed by atoms with Gasteiger partial charge >= 0.3 is 0 Å². The highest BCUT2D eigenvalue weighted by atomic mass is 19.1. The molecule has 3 aromatic rings. The number of nitrogens with zero attached hydrogens (tertiary/aromatic N) is 3. The Labute approximate surface area is 284 Å². The van der Waals surface area contributed by atoms with Crippen LogP contribution in [0, 0.1) is 5.82 Å². The molecule has 9 nitrogen and oxygen atoms in total. The van der Waals surface area contributed by atoms with E-state index in [9.17, 15) is 9.18 Å². The van der Waals surface area contributed by atoms with Crippen molar-refractivity contribution >= 4 is 5.91 Å². The third kappa shape index (κ3) is 8.78. The summed E-state index contributed by atoms with van der Waals surface area (Å²) in [6, 6.07) is 17.6. The Morgan fingerprint density at radius 1 is 1.02 bits per heavy atom. The van der Waals surface area contributed by atoms with Crippen molar-refractivity contribution in [3.05, 3.63) is 77.2 Å². The minimum absolute atomic E-state index is 0.0375. The molecule has 3 unspecified atom stereocenters. The van der Waals surface area contributed by atoms with E-state index in [1.807, 2.05) is 25.2 Å². The molecule has 1 amide bonds. The van der Waals surface area contributed by atoms with Crippen LogP contribution in [-0.2, 0) is 17.8 Å². The summed E-state index contributed by atoms with van der Waals surface area (Å²) in [5.74, 6) is -0.320. The van der Waals surface area contributed by atoms with E-state index >= 15 is 0 Å². The van der Waals surface area contributed by atoms with Crippen LogP contribution in [0.5, 0.6) is 11.6 Å². The van der Waals surface area contributed by atoms with Gasteiger partial charge in [0.15, 0.2) is 0 Å². The van der Waals surface area contributed by atoms with E-state index in [2.05, 4.69) is 75.8 Å². The molecule has 2 saturated heterocycles. The molecule has 0 radical (unpaired) electrons. The molecule has 2 aromatic carbocycles. The minimum Gasteiger partial charge on any atom is -0.438 e. The van der Waals surface area contributed by atoms with Crippen molar-refractivity contribution in [1.82, 2.24) is 30.7 Å². The maximum atomic E-state index is 14.4. The summed E-state index contributed by atoms with van der Waals surface area (Å²) in [5, 5.41) is 10.0. The molecule has 1 saturated carbocycles. The Balaban J connectivity index is 1.24. The smallest absolute Gasteiger partial charge is 0.257 e. The highest BCUT2D eigenvalue weighted by Gasteiger charge is 2.26. The molecule has 3 fully saturated rings. The Hall–Kier alpha value is -3.41. The first-order chi connectivity index (χ1) is 23.2. The molecule has 3 heterocycles. The summed E-state index contributed by atoms with van der Waals surface area (Å²) in [6.45, 7) is 12.8. The molecule has 258 valence electrons. The first kappa shape index (κ1) is 34.5. The minimum atomic E-state index is -0.577. The summed E-state index contributed by atoms with van der Waals surface area (Å²) in [4.78, 5) is 22.6. The van der Waals surface area contributed by atoms with E-state index < -0.39 is 5.82 Å². The van der Waals surface area contributed by atoms with Crippen LogP contribution in [0.4, 0.5) is 4.39 Å². The molecule has 2 aliphatic heterocycles. The fourth-order valence-corrected chi connectivity index (χ4v) is 7.50. The van der Waals surface area contributed by atoms with Gasteiger partial charge in [0.2, 0.25) is 5.88 Å². The maximum Gasteiger partial charge on any atom is 0.257 e. The first-order valence-corrected chi connectivity index (χ1v) is 17.6. The third-order valence-electron chi connectivity index (χ3n) is 9.98. The van der Waals surface area contributed by atoms with Crippen LogP contribution in [-0.4, -0.2) is 90.8 Å². The molecule has 3 atom stereocenters. The van der Waals surface area contributed by atoms with Gasteiger partial charge in [0, 0.05) is 62.9 Å². The van der Waals surface area contributed by atoms with Crippen LogP contribution in [0.3, 0.4) is 0 Å². The SMILES string of the molecule is CNC1CCC(NC(=O)c2cc(F)cnc2Oc2cccc(-c3ccc(CN4CC(C)NC(C)C4)cc3CN3CCOCC3C)c2)CC1. The zero-order valence-corrected chi connectivity index (χ0v) is 28.8. The molecular weight excluding hydrogens is 607 g/mol. The second-order valence-electron chi connectivity index (χ2n) is 14.0. The molecule has 3 N–H and O–H groups in total. The number of amides is 1. The van der Waals surface area contributed by atoms with Crippen molar-refractivity contribution in [2.45, 2.75) is 89.8 Å². The van der Waals surface area contributed by atoms with Gasteiger partial charge in [-0.05, 0) is 94.0 Å². The summed E-state index contributed by atoms with van der Waals surface area (Å²) in [6.07, 6.45) is 4.81. The predicted molar refractivity (Wildman–Crippen MR) is 187 cm³/mol. The van der Waals surface area contributed by atoms with E-state index in [1.54, 1.807) is 0 Å². The zero-order chi connectivity index (χ0) is 33.6. The molecule has 6 rings (SSSR count). The summed E-state index contributed by atoms with van der Waals surface area (Å²) < 4.78 is 26.3. The summed E-state index contributed by atoms with van der Waals surface area (Å²) in [5.41, 5.74) is 4.79. The standard InChI is InChI=1S/C38H51FN6O3/c1-25-20-44(21-26(2)42-25)22-28-8-13-35(30(16-28)23-45-14-15-47-24-27(45)3)29-6-5-7-34(17-29)48-38-36(18-31(39)19-41-38)37(46)43-33-11-9-32(40-4)10-12-33/h5-8,13,16-19,25-27,32-33,40,42H,9-12,14-15,20-24H2,1-4H3,(H,43,46). The topological polar surface area (TPSA) is 91.0 Å². The molecule has 1 aliphatic carbocycles. The second kappa shape index (κ2) is 15.9. The van der Waals surface area contributed by atoms with Crippen LogP contribution in [0.25, 0.3) is 11.1 Å². The fourth-order valence-electron chi connectivity index (χ4n) is 7.50. The zero-order valence-electron chi connectivity index (χ0n) is 28.8. The van der Waals surface area contributed by atoms with Gasteiger partial charge in [0.1, 0.15) is 17.1 Å². The Morgan fingerprint density at radius 2 is 1.79 bits per heavy atom. The van der Waals surface area contributed by atoms with Gasteiger partial charge in [-0.1, -0.05) is 30.3 Å². The monoisotopic (exact) mass is 658 g/mol. The average molecular weight is 659 g/mol. The number of hydrogen-bond acceptors (Lipinski definition) is 8. The maximum absolute atomic E-state index is 14.4. The average Bonchev–Trinajstić information content (AvgIpc) is 3.07. The number of nitrogens with one attached hydrogen (secondary N) is 3. The number of benzene rings is 2. The number of piperazine rings is 1. The van der Waals surface area contributed by atoms with Gasteiger partial charge in [-0.15, -0.1) is 0 Å². The number of morpholine rings is 1. The van der Waals surface area contributed by atoms with Crippen LogP contribution >= 0.6 is 0 Å². The number of ether oxygens (including phenoxy) is 2. The van der Waals surface area contributed by atoms with Crippen molar-refractivity contribution in [1.29, 1.82) is 0 Å². The second-order valence-corrected chi connectivity index (χ2v) is 14.0. The lowest BCUT2D eigenvalue weighted by Gasteiger charge is -2.36. The number of rotatable bonds is 10. The number of pyridine rings is 1. The van der Waals surface area contributed by atoms with E-state index in [4.69, 9.17) is 9.47 Å². The van der Waals surface area contributed by atoms with Crippen LogP contribution in [0.15, 0.2) is 54.7 Å². The largest absolute Gasteiger partial charge is 0.438 e. The predicted octanol–water partition coefficient (Wildman–Crippen LogP) is 5.34. The van der Waals surface area contributed by atoms with Crippen molar-refractivity contribution in [2.75, 3.05) is 39.9 Å². The molecule has 1 aromatic heterocycles. The molecule has 0 bridgehead atoms. The van der Waals surface area contributed by atoms with Crippen LogP contribution in [0.2, 0.25) is 0 Å². The van der Waals surface area contributed by atoms with Crippen molar-refractivity contribution < 1.29 is 18.7 Å². The van der Waals surface area contributed by atoms with Crippen LogP contribution < -0.4 is 20.7 Å². The van der Waals surface area contributed by atoms with Gasteiger partial charge in [-0.2, -0.15) is 0 Å². The number of carbonyl (C=O) groups excluding carboxylic acids is 1. The summed E-state index contributed by atoms with van der Waals surface area (Å²) in [7, 11) is 1.97. The Morgan fingerprint density at radius 3 is 2.54 bits per heavy atom. The number of aromatic nitrogens is 1. The van der Waals surface area contributed by atoms with E-state index in [0.29, 0.717) is 29.9 Å². The van der Waals surface area contributed by atoms with Crippen molar-refractivity contribution in [2.24, 2.45) is 0 Å². The first-order valence-electron chi connectivity index (χ1n) is 17.6. The van der Waals surface area contributed by atoms with Gasteiger partial charge in [0.25, 0.3) is 5.91 Å². The fraction of sp³-hybridized carbons (Fsp3) is 0.526. The van der Waals surface area contributed by atoms with E-state index in [1.165, 1.54) is 17.2 Å². The van der Waals surface area contributed by atoms with Crippen LogP contribution in [0.1, 0.15) is 67.9 Å². The number of carbonyl (C=O) groups is 1. The highest BCUT2D eigenvalue weighted by molar-refractivity contribution is 5.96. The lowest BCUT2D eigenvalue weighted by atomic mass is 9.91. The van der Waals surface area contributed by atoms with Gasteiger partial charge in [0.05, 0.1) is 19.4 Å². The Bertz CT molecular complexity index is 1540. The molecular formula is C38H51FN6O3. The van der Waals surface area contributed by atoms with Gasteiger partial charge in [-0.25, -0.2) is 9.37 Å². The van der Waals surface area contributed by atoms with Gasteiger partial charge in [-0.3, -0.25) is 14.6 Å². The molecule has 10 heteroatoms. The lowest BCUT2D eigenvalue weighted by Crippen LogP contribution is -2.53. The molecule has 0 spiro atoms. The van der Waals surface area contributed by atoms with Crippen molar-refractivity contribution in [3.63, 3.8) is 0 Å².